The molecular formula is C9H17N3O4. The summed E-state index contributed by atoms with van der Waals surface area (Å²) >= 11 is 0. The van der Waals surface area contributed by atoms with Crippen molar-refractivity contribution in [2.24, 2.45) is 5.73 Å². The summed E-state index contributed by atoms with van der Waals surface area (Å²) in [6.07, 6.45) is -0.821. The summed E-state index contributed by atoms with van der Waals surface area (Å²) in [6, 6.07) is 0. The second-order valence-corrected chi connectivity index (χ2v) is 4.12. The van der Waals surface area contributed by atoms with Crippen LogP contribution in [0.5, 0.6) is 0 Å². The minimum absolute atomic E-state index is 0.123. The molecule has 0 rings (SSSR count). The number of nitrogens with one attached hydrogen (secondary N) is 2. The van der Waals surface area contributed by atoms with E-state index in [1.54, 1.807) is 20.8 Å². The molecule has 0 aliphatic carbocycles. The summed E-state index contributed by atoms with van der Waals surface area (Å²) in [5.74, 6) is -1.17. The van der Waals surface area contributed by atoms with Gasteiger partial charge in [0.2, 0.25) is 11.8 Å². The molecule has 3 amide bonds. The number of carbonyl (C=O) groups excluding carboxylic acids is 3. The van der Waals surface area contributed by atoms with Gasteiger partial charge in [0, 0.05) is 0 Å². The van der Waals surface area contributed by atoms with E-state index >= 15 is 0 Å². The highest BCUT2D eigenvalue weighted by atomic mass is 16.6. The van der Waals surface area contributed by atoms with Gasteiger partial charge in [-0.25, -0.2) is 4.79 Å². The fourth-order valence-electron chi connectivity index (χ4n) is 0.761. The average Bonchev–Trinajstić information content (AvgIpc) is 1.98. The molecule has 0 spiro atoms. The lowest BCUT2D eigenvalue weighted by molar-refractivity contribution is -0.120. The number of imide groups is 1. The Morgan fingerprint density at radius 1 is 1.19 bits per heavy atom. The monoisotopic (exact) mass is 231 g/mol. The van der Waals surface area contributed by atoms with Gasteiger partial charge in [-0.3, -0.25) is 20.2 Å². The molecule has 0 heterocycles. The predicted octanol–water partition coefficient (Wildman–Crippen LogP) is -0.887. The molecule has 0 saturated carbocycles. The van der Waals surface area contributed by atoms with Crippen molar-refractivity contribution in [2.45, 2.75) is 26.4 Å². The topological polar surface area (TPSA) is 111 Å². The molecule has 7 heteroatoms. The lowest BCUT2D eigenvalue weighted by Crippen LogP contribution is -2.42. The summed E-state index contributed by atoms with van der Waals surface area (Å²) < 4.78 is 4.85. The Morgan fingerprint density at radius 3 is 2.19 bits per heavy atom. The molecule has 0 aromatic heterocycles. The normalized spacial score (nSPS) is 10.7. The second-order valence-electron chi connectivity index (χ2n) is 4.12. The molecule has 0 aromatic rings. The van der Waals surface area contributed by atoms with Crippen molar-refractivity contribution in [3.05, 3.63) is 0 Å². The smallest absolute Gasteiger partial charge is 0.414 e. The molecule has 0 aromatic carbocycles. The van der Waals surface area contributed by atoms with Gasteiger partial charge in [0.15, 0.2) is 0 Å². The van der Waals surface area contributed by atoms with Crippen LogP contribution in [0, 0.1) is 0 Å². The molecule has 16 heavy (non-hydrogen) atoms. The zero-order valence-electron chi connectivity index (χ0n) is 9.62. The van der Waals surface area contributed by atoms with Crippen LogP contribution in [0.3, 0.4) is 0 Å². The third-order valence-electron chi connectivity index (χ3n) is 1.23. The number of carbonyl (C=O) groups is 3. The van der Waals surface area contributed by atoms with E-state index in [0.717, 1.165) is 0 Å². The van der Waals surface area contributed by atoms with Gasteiger partial charge in [-0.2, -0.15) is 0 Å². The minimum Gasteiger partial charge on any atom is -0.444 e. The largest absolute Gasteiger partial charge is 0.444 e. The van der Waals surface area contributed by atoms with E-state index in [-0.39, 0.29) is 13.1 Å². The Kier molecular flexibility index (Phi) is 5.44. The first-order chi connectivity index (χ1) is 7.20. The van der Waals surface area contributed by atoms with Gasteiger partial charge in [-0.05, 0) is 20.8 Å². The Labute approximate surface area is 93.7 Å². The fraction of sp³-hybridized carbons (Fsp3) is 0.667. The SMILES string of the molecule is CC(C)(C)OC(=O)NC(=O)CNCC(N)=O. The maximum absolute atomic E-state index is 11.1. The zero-order chi connectivity index (χ0) is 12.8. The average molecular weight is 231 g/mol. The first-order valence-electron chi connectivity index (χ1n) is 4.72. The highest BCUT2D eigenvalue weighted by molar-refractivity contribution is 5.93. The lowest BCUT2D eigenvalue weighted by Gasteiger charge is -2.19. The molecule has 0 atom stereocenters. The number of rotatable bonds is 4. The van der Waals surface area contributed by atoms with E-state index in [1.165, 1.54) is 0 Å². The Hall–Kier alpha value is -1.63. The third kappa shape index (κ3) is 8.95. The molecular weight excluding hydrogens is 214 g/mol. The van der Waals surface area contributed by atoms with Crippen LogP contribution in [0.25, 0.3) is 0 Å². The van der Waals surface area contributed by atoms with Crippen molar-refractivity contribution >= 4 is 17.9 Å². The minimum atomic E-state index is -0.821. The summed E-state index contributed by atoms with van der Waals surface area (Å²) in [4.78, 5) is 32.5. The van der Waals surface area contributed by atoms with E-state index in [0.29, 0.717) is 0 Å². The van der Waals surface area contributed by atoms with Crippen LogP contribution in [0.15, 0.2) is 0 Å². The molecule has 0 aliphatic heterocycles. The number of primary amides is 1. The molecule has 7 nitrogen and oxygen atoms in total. The number of amides is 3. The van der Waals surface area contributed by atoms with Crippen molar-refractivity contribution < 1.29 is 19.1 Å². The molecule has 4 N–H and O–H groups in total. The molecule has 0 saturated heterocycles. The van der Waals surface area contributed by atoms with Crippen LogP contribution in [0.2, 0.25) is 0 Å². The summed E-state index contributed by atoms with van der Waals surface area (Å²) in [5.41, 5.74) is 4.18. The molecule has 0 bridgehead atoms. The van der Waals surface area contributed by atoms with E-state index < -0.39 is 23.5 Å². The summed E-state index contributed by atoms with van der Waals surface area (Å²) in [6.45, 7) is 4.75. The van der Waals surface area contributed by atoms with Gasteiger partial charge >= 0.3 is 6.09 Å². The quantitative estimate of drug-likeness (QED) is 0.581. The summed E-state index contributed by atoms with van der Waals surface area (Å²) in [5, 5.41) is 4.45. The zero-order valence-corrected chi connectivity index (χ0v) is 9.62. The van der Waals surface area contributed by atoms with Crippen molar-refractivity contribution in [1.82, 2.24) is 10.6 Å². The third-order valence-corrected chi connectivity index (χ3v) is 1.23. The number of hydrogen-bond acceptors (Lipinski definition) is 5. The van der Waals surface area contributed by atoms with Gasteiger partial charge in [0.25, 0.3) is 0 Å². The van der Waals surface area contributed by atoms with Gasteiger partial charge in [-0.15, -0.1) is 0 Å². The van der Waals surface area contributed by atoms with Crippen LogP contribution >= 0.6 is 0 Å². The predicted molar refractivity (Wildman–Crippen MR) is 56.4 cm³/mol. The fourth-order valence-corrected chi connectivity index (χ4v) is 0.761. The first-order valence-corrected chi connectivity index (χ1v) is 4.72. The standard InChI is InChI=1S/C9H17N3O4/c1-9(2,3)16-8(15)12-7(14)5-11-4-6(10)13/h11H,4-5H2,1-3H3,(H2,10,13)(H,12,14,15). The van der Waals surface area contributed by atoms with E-state index in [9.17, 15) is 14.4 Å². The molecule has 0 aliphatic rings. The Balaban J connectivity index is 3.79. The molecule has 0 unspecified atom stereocenters. The number of alkyl carbamates (subject to hydrolysis) is 1. The van der Waals surface area contributed by atoms with Crippen LogP contribution < -0.4 is 16.4 Å². The van der Waals surface area contributed by atoms with Crippen molar-refractivity contribution in [2.75, 3.05) is 13.1 Å². The van der Waals surface area contributed by atoms with Gasteiger partial charge in [-0.1, -0.05) is 0 Å². The van der Waals surface area contributed by atoms with E-state index in [4.69, 9.17) is 10.5 Å². The summed E-state index contributed by atoms with van der Waals surface area (Å²) in [7, 11) is 0. The van der Waals surface area contributed by atoms with Crippen LogP contribution in [-0.2, 0) is 14.3 Å². The maximum Gasteiger partial charge on any atom is 0.414 e. The van der Waals surface area contributed by atoms with Gasteiger partial charge in [0.05, 0.1) is 13.1 Å². The van der Waals surface area contributed by atoms with Crippen molar-refractivity contribution in [3.8, 4) is 0 Å². The van der Waals surface area contributed by atoms with Gasteiger partial charge in [0.1, 0.15) is 5.60 Å². The maximum atomic E-state index is 11.1. The number of nitrogens with two attached hydrogens (primary N) is 1. The molecule has 0 radical (unpaired) electrons. The van der Waals surface area contributed by atoms with Crippen LogP contribution in [0.1, 0.15) is 20.8 Å². The highest BCUT2D eigenvalue weighted by Gasteiger charge is 2.17. The second kappa shape index (κ2) is 6.06. The van der Waals surface area contributed by atoms with E-state index in [1.807, 2.05) is 5.32 Å². The van der Waals surface area contributed by atoms with Crippen LogP contribution in [-0.4, -0.2) is 36.6 Å². The van der Waals surface area contributed by atoms with Crippen LogP contribution in [0.4, 0.5) is 4.79 Å². The van der Waals surface area contributed by atoms with Crippen molar-refractivity contribution in [1.29, 1.82) is 0 Å². The van der Waals surface area contributed by atoms with E-state index in [2.05, 4.69) is 5.32 Å². The Morgan fingerprint density at radius 2 is 1.75 bits per heavy atom. The van der Waals surface area contributed by atoms with Gasteiger partial charge < -0.3 is 10.5 Å². The molecule has 92 valence electrons. The number of hydrogen-bond donors (Lipinski definition) is 3. The first kappa shape index (κ1) is 14.4. The Bertz CT molecular complexity index is 283. The number of ether oxygens (including phenoxy) is 1. The van der Waals surface area contributed by atoms with Crippen molar-refractivity contribution in [3.63, 3.8) is 0 Å². The molecule has 0 fully saturated rings. The lowest BCUT2D eigenvalue weighted by atomic mass is 10.2. The highest BCUT2D eigenvalue weighted by Crippen LogP contribution is 2.05.